The summed E-state index contributed by atoms with van der Waals surface area (Å²) in [6.07, 6.45) is 5.28. The van der Waals surface area contributed by atoms with E-state index in [1.165, 1.54) is 0 Å². The van der Waals surface area contributed by atoms with Gasteiger partial charge in [-0.2, -0.15) is 0 Å². The van der Waals surface area contributed by atoms with Crippen LogP contribution in [0.3, 0.4) is 0 Å². The molecule has 0 aliphatic carbocycles. The van der Waals surface area contributed by atoms with Gasteiger partial charge in [-0.1, -0.05) is 0 Å². The Morgan fingerprint density at radius 1 is 1.64 bits per heavy atom. The van der Waals surface area contributed by atoms with Gasteiger partial charge in [0.2, 0.25) is 0 Å². The highest BCUT2D eigenvalue weighted by atomic mass is 16.4. The molecule has 0 saturated carbocycles. The number of rotatable bonds is 5. The summed E-state index contributed by atoms with van der Waals surface area (Å²) in [7, 11) is 0. The molecule has 0 radical (unpaired) electrons. The van der Waals surface area contributed by atoms with Crippen LogP contribution in [0.25, 0.3) is 0 Å². The number of aryl methyl sites for hydroxylation is 1. The Balaban J connectivity index is 2.50. The normalized spacial score (nSPS) is 10.8. The van der Waals surface area contributed by atoms with Crippen molar-refractivity contribution in [3.05, 3.63) is 18.2 Å². The largest absolute Gasteiger partial charge is 0.481 e. The molecular formula is C10H16N2O2. The van der Waals surface area contributed by atoms with Crippen LogP contribution in [0.2, 0.25) is 0 Å². The minimum atomic E-state index is -0.736. The van der Waals surface area contributed by atoms with E-state index < -0.39 is 5.97 Å². The molecule has 1 N–H and O–H groups in total. The van der Waals surface area contributed by atoms with Crippen LogP contribution in [-0.2, 0) is 11.2 Å². The summed E-state index contributed by atoms with van der Waals surface area (Å²) in [5.74, 6) is -0.736. The number of hydrogen-bond acceptors (Lipinski definition) is 2. The summed E-state index contributed by atoms with van der Waals surface area (Å²) in [6.45, 7) is 4.17. The molecule has 0 spiro atoms. The molecule has 0 saturated heterocycles. The Kier molecular flexibility index (Phi) is 3.68. The number of carboxylic acids is 1. The van der Waals surface area contributed by atoms with Gasteiger partial charge in [0.05, 0.1) is 6.33 Å². The molecule has 0 aliphatic rings. The van der Waals surface area contributed by atoms with Crippen LogP contribution in [0.1, 0.15) is 38.4 Å². The summed E-state index contributed by atoms with van der Waals surface area (Å²) < 4.78 is 2.07. The van der Waals surface area contributed by atoms with Gasteiger partial charge in [0, 0.05) is 24.4 Å². The molecule has 1 aromatic heterocycles. The second kappa shape index (κ2) is 4.79. The van der Waals surface area contributed by atoms with Crippen LogP contribution in [0.5, 0.6) is 0 Å². The zero-order valence-electron chi connectivity index (χ0n) is 8.60. The van der Waals surface area contributed by atoms with Gasteiger partial charge in [-0.15, -0.1) is 0 Å². The Labute approximate surface area is 83.6 Å². The third-order valence-electron chi connectivity index (χ3n) is 2.13. The highest BCUT2D eigenvalue weighted by Crippen LogP contribution is 2.11. The Hall–Kier alpha value is -1.32. The number of hydrogen-bond donors (Lipinski definition) is 1. The molecule has 0 atom stereocenters. The van der Waals surface area contributed by atoms with Crippen molar-refractivity contribution in [3.63, 3.8) is 0 Å². The minimum absolute atomic E-state index is 0.225. The van der Waals surface area contributed by atoms with Crippen LogP contribution in [0.4, 0.5) is 0 Å². The van der Waals surface area contributed by atoms with Crippen molar-refractivity contribution in [2.45, 2.75) is 39.2 Å². The van der Waals surface area contributed by atoms with Crippen LogP contribution in [0.15, 0.2) is 12.5 Å². The van der Waals surface area contributed by atoms with Crippen molar-refractivity contribution in [2.24, 2.45) is 0 Å². The van der Waals surface area contributed by atoms with E-state index in [2.05, 4.69) is 23.4 Å². The van der Waals surface area contributed by atoms with E-state index >= 15 is 0 Å². The first kappa shape index (κ1) is 10.8. The van der Waals surface area contributed by atoms with Crippen molar-refractivity contribution in [1.82, 2.24) is 9.55 Å². The molecule has 0 aliphatic heterocycles. The van der Waals surface area contributed by atoms with E-state index in [4.69, 9.17) is 5.11 Å². The molecule has 1 aromatic rings. The van der Waals surface area contributed by atoms with Crippen LogP contribution in [0, 0.1) is 0 Å². The summed E-state index contributed by atoms with van der Waals surface area (Å²) in [4.78, 5) is 14.4. The van der Waals surface area contributed by atoms with E-state index in [0.29, 0.717) is 12.5 Å². The third-order valence-corrected chi connectivity index (χ3v) is 2.13. The number of nitrogens with zero attached hydrogens (tertiary/aromatic N) is 2. The molecular weight excluding hydrogens is 180 g/mol. The Morgan fingerprint density at radius 2 is 2.36 bits per heavy atom. The van der Waals surface area contributed by atoms with Crippen molar-refractivity contribution in [3.8, 4) is 0 Å². The molecule has 14 heavy (non-hydrogen) atoms. The maximum Gasteiger partial charge on any atom is 0.303 e. The lowest BCUT2D eigenvalue weighted by atomic mass is 10.2. The smallest absolute Gasteiger partial charge is 0.303 e. The number of imidazole rings is 1. The predicted molar refractivity (Wildman–Crippen MR) is 53.2 cm³/mol. The Morgan fingerprint density at radius 3 is 2.93 bits per heavy atom. The van der Waals surface area contributed by atoms with Gasteiger partial charge in [-0.25, -0.2) is 4.98 Å². The quantitative estimate of drug-likeness (QED) is 0.782. The lowest BCUT2D eigenvalue weighted by molar-refractivity contribution is -0.137. The lowest BCUT2D eigenvalue weighted by Crippen LogP contribution is -2.05. The molecule has 78 valence electrons. The lowest BCUT2D eigenvalue weighted by Gasteiger charge is -2.10. The maximum absolute atomic E-state index is 10.3. The number of carbonyl (C=O) groups is 1. The fourth-order valence-corrected chi connectivity index (χ4v) is 1.41. The molecule has 0 fully saturated rings. The monoisotopic (exact) mass is 196 g/mol. The van der Waals surface area contributed by atoms with Crippen molar-refractivity contribution in [1.29, 1.82) is 0 Å². The highest BCUT2D eigenvalue weighted by molar-refractivity contribution is 5.66. The van der Waals surface area contributed by atoms with E-state index in [0.717, 1.165) is 12.1 Å². The predicted octanol–water partition coefficient (Wildman–Crippen LogP) is 1.87. The van der Waals surface area contributed by atoms with E-state index in [-0.39, 0.29) is 6.42 Å². The SMILES string of the molecule is CC(C)n1cncc1CCCC(=O)O. The third kappa shape index (κ3) is 2.87. The summed E-state index contributed by atoms with van der Waals surface area (Å²) in [5, 5.41) is 8.50. The van der Waals surface area contributed by atoms with Gasteiger partial charge in [0.15, 0.2) is 0 Å². The number of aromatic nitrogens is 2. The van der Waals surface area contributed by atoms with Crippen molar-refractivity contribution >= 4 is 5.97 Å². The zero-order valence-corrected chi connectivity index (χ0v) is 8.60. The second-order valence-electron chi connectivity index (χ2n) is 3.63. The van der Waals surface area contributed by atoms with Crippen molar-refractivity contribution < 1.29 is 9.90 Å². The van der Waals surface area contributed by atoms with Crippen LogP contribution >= 0.6 is 0 Å². The molecule has 1 rings (SSSR count). The number of carboxylic acid groups (broad SMARTS) is 1. The fourth-order valence-electron chi connectivity index (χ4n) is 1.41. The minimum Gasteiger partial charge on any atom is -0.481 e. The van der Waals surface area contributed by atoms with Gasteiger partial charge < -0.3 is 9.67 Å². The van der Waals surface area contributed by atoms with Crippen molar-refractivity contribution in [2.75, 3.05) is 0 Å². The number of aliphatic carboxylic acids is 1. The summed E-state index contributed by atoms with van der Waals surface area (Å²) in [6, 6.07) is 0.386. The van der Waals surface area contributed by atoms with Crippen LogP contribution in [-0.4, -0.2) is 20.6 Å². The van der Waals surface area contributed by atoms with Gasteiger partial charge in [0.1, 0.15) is 0 Å². The molecule has 4 heteroatoms. The van der Waals surface area contributed by atoms with Crippen LogP contribution < -0.4 is 0 Å². The average molecular weight is 196 g/mol. The molecule has 4 nitrogen and oxygen atoms in total. The first-order valence-corrected chi connectivity index (χ1v) is 4.83. The molecule has 0 bridgehead atoms. The summed E-state index contributed by atoms with van der Waals surface area (Å²) >= 11 is 0. The van der Waals surface area contributed by atoms with Gasteiger partial charge in [0.25, 0.3) is 0 Å². The fraction of sp³-hybridized carbons (Fsp3) is 0.600. The molecule has 0 amide bonds. The first-order chi connectivity index (χ1) is 6.61. The topological polar surface area (TPSA) is 55.1 Å². The first-order valence-electron chi connectivity index (χ1n) is 4.83. The van der Waals surface area contributed by atoms with Gasteiger partial charge >= 0.3 is 5.97 Å². The van der Waals surface area contributed by atoms with E-state index in [1.807, 2.05) is 6.20 Å². The second-order valence-corrected chi connectivity index (χ2v) is 3.63. The molecule has 0 unspecified atom stereocenters. The zero-order chi connectivity index (χ0) is 10.6. The van der Waals surface area contributed by atoms with E-state index in [9.17, 15) is 4.79 Å². The Bertz CT molecular complexity index is 305. The highest BCUT2D eigenvalue weighted by Gasteiger charge is 2.05. The standard InChI is InChI=1S/C10H16N2O2/c1-8(2)12-7-11-6-9(12)4-3-5-10(13)14/h6-8H,3-5H2,1-2H3,(H,13,14). The summed E-state index contributed by atoms with van der Waals surface area (Å²) in [5.41, 5.74) is 1.11. The molecule has 1 heterocycles. The maximum atomic E-state index is 10.3. The molecule has 0 aromatic carbocycles. The van der Waals surface area contributed by atoms with Gasteiger partial charge in [-0.05, 0) is 26.7 Å². The van der Waals surface area contributed by atoms with Gasteiger partial charge in [-0.3, -0.25) is 4.79 Å². The average Bonchev–Trinajstić information content (AvgIpc) is 2.51. The van der Waals surface area contributed by atoms with E-state index in [1.54, 1.807) is 6.33 Å².